The number of anilines is 1. The summed E-state index contributed by atoms with van der Waals surface area (Å²) in [7, 11) is 0. The van der Waals surface area contributed by atoms with Gasteiger partial charge in [0.25, 0.3) is 0 Å². The Morgan fingerprint density at radius 2 is 2.11 bits per heavy atom. The molecule has 3 heteroatoms. The minimum atomic E-state index is 0.676. The van der Waals surface area contributed by atoms with Gasteiger partial charge in [-0.2, -0.15) is 0 Å². The molecule has 0 radical (unpaired) electrons. The predicted molar refractivity (Wildman–Crippen MR) is 80.5 cm³/mol. The van der Waals surface area contributed by atoms with Gasteiger partial charge in [0.15, 0.2) is 0 Å². The van der Waals surface area contributed by atoms with E-state index in [2.05, 4.69) is 42.2 Å². The fourth-order valence-electron chi connectivity index (χ4n) is 2.70. The summed E-state index contributed by atoms with van der Waals surface area (Å²) in [6, 6.07) is 11.3. The summed E-state index contributed by atoms with van der Waals surface area (Å²) >= 11 is 0. The van der Waals surface area contributed by atoms with E-state index in [0.29, 0.717) is 12.6 Å². The van der Waals surface area contributed by atoms with Crippen LogP contribution >= 0.6 is 0 Å². The first kappa shape index (κ1) is 12.4. The smallest absolute Gasteiger partial charge is 0.132 e. The fraction of sp³-hybridized carbons (Fsp3) is 0.438. The van der Waals surface area contributed by atoms with Crippen LogP contribution in [0.2, 0.25) is 0 Å². The molecule has 0 aliphatic heterocycles. The lowest BCUT2D eigenvalue weighted by atomic mass is 10.1. The van der Waals surface area contributed by atoms with Crippen molar-refractivity contribution >= 4 is 16.7 Å². The van der Waals surface area contributed by atoms with E-state index in [1.807, 2.05) is 0 Å². The lowest BCUT2D eigenvalue weighted by molar-refractivity contribution is 0.797. The summed E-state index contributed by atoms with van der Waals surface area (Å²) in [6.45, 7) is 3.91. The highest BCUT2D eigenvalue weighted by molar-refractivity contribution is 5.82. The summed E-state index contributed by atoms with van der Waals surface area (Å²) in [6.07, 6.45) is 3.49. The summed E-state index contributed by atoms with van der Waals surface area (Å²) in [5.41, 5.74) is 8.13. The Morgan fingerprint density at radius 1 is 1.32 bits per heavy atom. The molecule has 3 nitrogen and oxygen atoms in total. The number of nitrogens with zero attached hydrogens (tertiary/aromatic N) is 2. The molecule has 100 valence electrons. The molecule has 1 aromatic heterocycles. The van der Waals surface area contributed by atoms with E-state index in [-0.39, 0.29) is 0 Å². The topological polar surface area (TPSA) is 42.2 Å². The van der Waals surface area contributed by atoms with Gasteiger partial charge in [-0.3, -0.25) is 0 Å². The van der Waals surface area contributed by atoms with Crippen molar-refractivity contribution in [1.29, 1.82) is 0 Å². The van der Waals surface area contributed by atoms with Crippen LogP contribution in [0.5, 0.6) is 0 Å². The van der Waals surface area contributed by atoms with Crippen LogP contribution < -0.4 is 10.6 Å². The van der Waals surface area contributed by atoms with Crippen LogP contribution in [0.1, 0.15) is 25.3 Å². The maximum Gasteiger partial charge on any atom is 0.132 e. The number of pyridine rings is 1. The van der Waals surface area contributed by atoms with Gasteiger partial charge in [0.2, 0.25) is 0 Å². The number of hydrogen-bond donors (Lipinski definition) is 1. The Labute approximate surface area is 114 Å². The number of rotatable bonds is 5. The molecule has 3 rings (SSSR count). The summed E-state index contributed by atoms with van der Waals surface area (Å²) in [5, 5.41) is 1.21. The number of para-hydroxylation sites is 1. The Balaban J connectivity index is 2.10. The number of aromatic nitrogens is 1. The van der Waals surface area contributed by atoms with Crippen molar-refractivity contribution in [1.82, 2.24) is 4.98 Å². The monoisotopic (exact) mass is 255 g/mol. The zero-order valence-corrected chi connectivity index (χ0v) is 11.5. The highest BCUT2D eigenvalue weighted by Gasteiger charge is 2.30. The molecule has 2 aromatic rings. The second kappa shape index (κ2) is 5.17. The van der Waals surface area contributed by atoms with Crippen LogP contribution in [0, 0.1) is 0 Å². The van der Waals surface area contributed by atoms with E-state index in [0.717, 1.165) is 24.3 Å². The molecule has 1 saturated carbocycles. The third kappa shape index (κ3) is 2.43. The molecule has 1 heterocycles. The Kier molecular flexibility index (Phi) is 3.38. The predicted octanol–water partition coefficient (Wildman–Crippen LogP) is 2.72. The molecule has 1 aliphatic carbocycles. The zero-order chi connectivity index (χ0) is 13.2. The molecule has 1 aromatic carbocycles. The van der Waals surface area contributed by atoms with E-state index in [4.69, 9.17) is 10.7 Å². The first-order valence-corrected chi connectivity index (χ1v) is 7.19. The van der Waals surface area contributed by atoms with Crippen LogP contribution in [-0.4, -0.2) is 24.1 Å². The molecule has 0 saturated heterocycles. The minimum absolute atomic E-state index is 0.676. The van der Waals surface area contributed by atoms with Crippen molar-refractivity contribution in [2.45, 2.75) is 32.2 Å². The van der Waals surface area contributed by atoms with Gasteiger partial charge < -0.3 is 10.6 Å². The maximum absolute atomic E-state index is 5.76. The van der Waals surface area contributed by atoms with Gasteiger partial charge in [-0.25, -0.2) is 4.98 Å². The fourth-order valence-corrected chi connectivity index (χ4v) is 2.70. The largest absolute Gasteiger partial charge is 0.354 e. The van der Waals surface area contributed by atoms with Crippen molar-refractivity contribution < 1.29 is 0 Å². The van der Waals surface area contributed by atoms with Gasteiger partial charge >= 0.3 is 0 Å². The zero-order valence-electron chi connectivity index (χ0n) is 11.5. The van der Waals surface area contributed by atoms with Gasteiger partial charge in [0.05, 0.1) is 5.52 Å². The average molecular weight is 255 g/mol. The Morgan fingerprint density at radius 3 is 2.79 bits per heavy atom. The van der Waals surface area contributed by atoms with E-state index in [9.17, 15) is 0 Å². The third-order valence-electron chi connectivity index (χ3n) is 3.79. The Hall–Kier alpha value is -1.61. The molecule has 0 bridgehead atoms. The number of nitrogens with two attached hydrogens (primary N) is 1. The molecular weight excluding hydrogens is 234 g/mol. The van der Waals surface area contributed by atoms with Crippen molar-refractivity contribution in [2.75, 3.05) is 18.0 Å². The van der Waals surface area contributed by atoms with Crippen LogP contribution in [0.4, 0.5) is 5.82 Å². The summed E-state index contributed by atoms with van der Waals surface area (Å²) in [5.74, 6) is 1.15. The van der Waals surface area contributed by atoms with Crippen LogP contribution in [-0.2, 0) is 6.42 Å². The van der Waals surface area contributed by atoms with Crippen LogP contribution in [0.3, 0.4) is 0 Å². The van der Waals surface area contributed by atoms with Gasteiger partial charge in [0.1, 0.15) is 5.82 Å². The lowest BCUT2D eigenvalue weighted by Gasteiger charge is -2.24. The van der Waals surface area contributed by atoms with Gasteiger partial charge in [-0.05, 0) is 50.4 Å². The SMILES string of the molecule is CCN(c1nc2ccccc2cc1CCN)C1CC1. The second-order valence-corrected chi connectivity index (χ2v) is 5.22. The van der Waals surface area contributed by atoms with E-state index in [1.165, 1.54) is 23.8 Å². The van der Waals surface area contributed by atoms with Crippen molar-refractivity contribution in [3.05, 3.63) is 35.9 Å². The van der Waals surface area contributed by atoms with E-state index < -0.39 is 0 Å². The van der Waals surface area contributed by atoms with E-state index in [1.54, 1.807) is 0 Å². The molecule has 0 atom stereocenters. The van der Waals surface area contributed by atoms with Crippen molar-refractivity contribution in [3.63, 3.8) is 0 Å². The normalized spacial score (nSPS) is 14.8. The van der Waals surface area contributed by atoms with E-state index >= 15 is 0 Å². The molecule has 0 amide bonds. The van der Waals surface area contributed by atoms with Crippen LogP contribution in [0.25, 0.3) is 10.9 Å². The number of fused-ring (bicyclic) bond motifs is 1. The maximum atomic E-state index is 5.76. The number of benzene rings is 1. The third-order valence-corrected chi connectivity index (χ3v) is 3.79. The highest BCUT2D eigenvalue weighted by atomic mass is 15.2. The molecule has 0 unspecified atom stereocenters. The summed E-state index contributed by atoms with van der Waals surface area (Å²) < 4.78 is 0. The molecule has 2 N–H and O–H groups in total. The molecule has 1 fully saturated rings. The van der Waals surface area contributed by atoms with Crippen molar-refractivity contribution in [2.24, 2.45) is 5.73 Å². The first-order valence-electron chi connectivity index (χ1n) is 7.19. The quantitative estimate of drug-likeness (QED) is 0.893. The number of hydrogen-bond acceptors (Lipinski definition) is 3. The molecule has 1 aliphatic rings. The Bertz CT molecular complexity index is 575. The van der Waals surface area contributed by atoms with Crippen molar-refractivity contribution in [3.8, 4) is 0 Å². The first-order chi connectivity index (χ1) is 9.33. The standard InChI is InChI=1S/C16H21N3/c1-2-19(14-7-8-14)16-13(9-10-17)11-12-5-3-4-6-15(12)18-16/h3-6,11,14H,2,7-10,17H2,1H3. The minimum Gasteiger partial charge on any atom is -0.354 e. The molecule has 19 heavy (non-hydrogen) atoms. The molecule has 0 spiro atoms. The lowest BCUT2D eigenvalue weighted by Crippen LogP contribution is -2.27. The average Bonchev–Trinajstić information content (AvgIpc) is 3.25. The van der Waals surface area contributed by atoms with Crippen LogP contribution in [0.15, 0.2) is 30.3 Å². The highest BCUT2D eigenvalue weighted by Crippen LogP contribution is 2.33. The van der Waals surface area contributed by atoms with Gasteiger partial charge in [-0.1, -0.05) is 18.2 Å². The second-order valence-electron chi connectivity index (χ2n) is 5.22. The molecular formula is C16H21N3. The van der Waals surface area contributed by atoms with Gasteiger partial charge in [0, 0.05) is 18.0 Å². The van der Waals surface area contributed by atoms with Gasteiger partial charge in [-0.15, -0.1) is 0 Å². The summed E-state index contributed by atoms with van der Waals surface area (Å²) in [4.78, 5) is 7.34.